The highest BCUT2D eigenvalue weighted by atomic mass is 16.2. The lowest BCUT2D eigenvalue weighted by Crippen LogP contribution is -2.33. The van der Waals surface area contributed by atoms with Gasteiger partial charge in [0.2, 0.25) is 11.8 Å². The lowest BCUT2D eigenvalue weighted by atomic mass is 10.0. The summed E-state index contributed by atoms with van der Waals surface area (Å²) < 4.78 is 0. The van der Waals surface area contributed by atoms with E-state index in [2.05, 4.69) is 16.3 Å². The second-order valence-electron chi connectivity index (χ2n) is 6.84. The Hall–Kier alpha value is -2.66. The third kappa shape index (κ3) is 4.19. The number of likely N-dealkylation sites (N-methyl/N-ethyl adjacent to an activating group) is 1. The van der Waals surface area contributed by atoms with Crippen LogP contribution in [0.3, 0.4) is 0 Å². The molecule has 0 bridgehead atoms. The zero-order valence-electron chi connectivity index (χ0n) is 16.3. The van der Waals surface area contributed by atoms with Gasteiger partial charge in [-0.1, -0.05) is 38.1 Å². The number of nitrogens with zero attached hydrogens (tertiary/aromatic N) is 2. The molecular formula is C22H27N3O2. The van der Waals surface area contributed by atoms with Crippen molar-refractivity contribution in [2.24, 2.45) is 0 Å². The van der Waals surface area contributed by atoms with Gasteiger partial charge in [-0.2, -0.15) is 0 Å². The molecule has 0 fully saturated rings. The highest BCUT2D eigenvalue weighted by Crippen LogP contribution is 2.37. The number of rotatable bonds is 5. The summed E-state index contributed by atoms with van der Waals surface area (Å²) >= 11 is 0. The fourth-order valence-corrected chi connectivity index (χ4v) is 3.59. The van der Waals surface area contributed by atoms with Gasteiger partial charge in [0.1, 0.15) is 0 Å². The Labute approximate surface area is 161 Å². The minimum atomic E-state index is -0.0398. The third-order valence-electron chi connectivity index (χ3n) is 5.08. The predicted molar refractivity (Wildman–Crippen MR) is 110 cm³/mol. The summed E-state index contributed by atoms with van der Waals surface area (Å²) in [4.78, 5) is 28.7. The summed E-state index contributed by atoms with van der Waals surface area (Å²) in [5.74, 6) is -0.0701. The number of nitrogens with one attached hydrogen (secondary N) is 1. The van der Waals surface area contributed by atoms with Crippen LogP contribution >= 0.6 is 0 Å². The molecule has 0 saturated heterocycles. The zero-order chi connectivity index (χ0) is 19.4. The molecule has 2 aromatic carbocycles. The van der Waals surface area contributed by atoms with Gasteiger partial charge in [0, 0.05) is 12.6 Å². The van der Waals surface area contributed by atoms with Crippen molar-refractivity contribution in [3.8, 4) is 0 Å². The molecule has 142 valence electrons. The molecule has 2 aromatic rings. The summed E-state index contributed by atoms with van der Waals surface area (Å²) in [5.41, 5.74) is 4.78. The van der Waals surface area contributed by atoms with Crippen LogP contribution in [0.1, 0.15) is 31.9 Å². The molecule has 1 N–H and O–H groups in total. The van der Waals surface area contributed by atoms with Crippen molar-refractivity contribution in [1.82, 2.24) is 4.90 Å². The first-order chi connectivity index (χ1) is 13.0. The highest BCUT2D eigenvalue weighted by Gasteiger charge is 2.24. The smallest absolute Gasteiger partial charge is 0.238 e. The van der Waals surface area contributed by atoms with Gasteiger partial charge >= 0.3 is 0 Å². The number of para-hydroxylation sites is 1. The molecule has 0 radical (unpaired) electrons. The van der Waals surface area contributed by atoms with E-state index in [1.165, 1.54) is 0 Å². The number of anilines is 3. The van der Waals surface area contributed by atoms with E-state index in [0.717, 1.165) is 54.1 Å². The van der Waals surface area contributed by atoms with Crippen molar-refractivity contribution >= 4 is 28.9 Å². The Kier molecular flexibility index (Phi) is 5.91. The average molecular weight is 365 g/mol. The number of hydrogen-bond acceptors (Lipinski definition) is 3. The van der Waals surface area contributed by atoms with Crippen LogP contribution in [0.4, 0.5) is 17.1 Å². The van der Waals surface area contributed by atoms with Gasteiger partial charge in [0.05, 0.1) is 17.9 Å². The second-order valence-corrected chi connectivity index (χ2v) is 6.84. The van der Waals surface area contributed by atoms with Crippen LogP contribution in [-0.2, 0) is 22.4 Å². The number of carbonyl (C=O) groups is 2. The summed E-state index contributed by atoms with van der Waals surface area (Å²) in [6, 6.07) is 13.9. The molecule has 3 rings (SSSR count). The molecule has 0 unspecified atom stereocenters. The summed E-state index contributed by atoms with van der Waals surface area (Å²) in [5, 5.41) is 2.98. The van der Waals surface area contributed by atoms with Crippen LogP contribution < -0.4 is 10.2 Å². The second kappa shape index (κ2) is 8.35. The molecule has 2 amide bonds. The van der Waals surface area contributed by atoms with Gasteiger partial charge in [-0.3, -0.25) is 19.4 Å². The van der Waals surface area contributed by atoms with Crippen molar-refractivity contribution in [2.75, 3.05) is 29.9 Å². The number of aryl methyl sites for hydroxylation is 2. The normalized spacial score (nSPS) is 13.0. The lowest BCUT2D eigenvalue weighted by molar-refractivity contribution is -0.117. The maximum absolute atomic E-state index is 12.5. The first-order valence-electron chi connectivity index (χ1n) is 9.57. The SMILES string of the molecule is CCN(CC)CC(=O)Nc1ccc2c(c1)N(C(C)=O)c1ccccc1CC2. The number of fused-ring (bicyclic) bond motifs is 2. The monoisotopic (exact) mass is 365 g/mol. The van der Waals surface area contributed by atoms with Crippen molar-refractivity contribution in [3.63, 3.8) is 0 Å². The minimum Gasteiger partial charge on any atom is -0.325 e. The predicted octanol–water partition coefficient (Wildman–Crippen LogP) is 3.75. The number of carbonyl (C=O) groups excluding carboxylic acids is 2. The van der Waals surface area contributed by atoms with E-state index in [-0.39, 0.29) is 11.8 Å². The molecule has 0 aliphatic carbocycles. The Morgan fingerprint density at radius 3 is 2.33 bits per heavy atom. The molecule has 0 saturated carbocycles. The maximum Gasteiger partial charge on any atom is 0.238 e. The summed E-state index contributed by atoms with van der Waals surface area (Å²) in [6.07, 6.45) is 1.75. The van der Waals surface area contributed by atoms with Crippen LogP contribution in [0.15, 0.2) is 42.5 Å². The average Bonchev–Trinajstić information content (AvgIpc) is 2.82. The van der Waals surface area contributed by atoms with Gasteiger partial charge in [0.15, 0.2) is 0 Å². The van der Waals surface area contributed by atoms with Crippen molar-refractivity contribution in [2.45, 2.75) is 33.6 Å². The van der Waals surface area contributed by atoms with E-state index in [0.29, 0.717) is 6.54 Å². The standard InChI is InChI=1S/C22H27N3O2/c1-4-24(5-2)15-22(27)23-19-13-12-18-11-10-17-8-6-7-9-20(17)25(16(3)26)21(18)14-19/h6-9,12-14H,4-5,10-11,15H2,1-3H3,(H,23,27). The van der Waals surface area contributed by atoms with Crippen LogP contribution in [0.2, 0.25) is 0 Å². The zero-order valence-corrected chi connectivity index (χ0v) is 16.3. The number of hydrogen-bond donors (Lipinski definition) is 1. The molecule has 1 aliphatic rings. The van der Waals surface area contributed by atoms with Gasteiger partial charge in [-0.05, 0) is 55.3 Å². The number of amides is 2. The molecule has 0 spiro atoms. The van der Waals surface area contributed by atoms with E-state index in [9.17, 15) is 9.59 Å². The number of benzene rings is 2. The Morgan fingerprint density at radius 2 is 1.67 bits per heavy atom. The largest absolute Gasteiger partial charge is 0.325 e. The molecule has 0 aromatic heterocycles. The molecule has 1 aliphatic heterocycles. The molecule has 27 heavy (non-hydrogen) atoms. The van der Waals surface area contributed by atoms with Gasteiger partial charge < -0.3 is 5.32 Å². The molecule has 1 heterocycles. The molecule has 5 heteroatoms. The third-order valence-corrected chi connectivity index (χ3v) is 5.08. The van der Waals surface area contributed by atoms with Gasteiger partial charge in [-0.25, -0.2) is 0 Å². The van der Waals surface area contributed by atoms with Gasteiger partial charge in [-0.15, -0.1) is 0 Å². The highest BCUT2D eigenvalue weighted by molar-refractivity contribution is 6.02. The van der Waals surface area contributed by atoms with Crippen LogP contribution in [0.25, 0.3) is 0 Å². The van der Waals surface area contributed by atoms with Gasteiger partial charge in [0.25, 0.3) is 0 Å². The first-order valence-corrected chi connectivity index (χ1v) is 9.57. The molecule has 0 atom stereocenters. The van der Waals surface area contributed by atoms with Crippen molar-refractivity contribution in [1.29, 1.82) is 0 Å². The van der Waals surface area contributed by atoms with E-state index in [1.807, 2.05) is 50.2 Å². The Morgan fingerprint density at radius 1 is 1.00 bits per heavy atom. The fraction of sp³-hybridized carbons (Fsp3) is 0.364. The van der Waals surface area contributed by atoms with Crippen molar-refractivity contribution < 1.29 is 9.59 Å². The lowest BCUT2D eigenvalue weighted by Gasteiger charge is -2.24. The van der Waals surface area contributed by atoms with Crippen molar-refractivity contribution in [3.05, 3.63) is 53.6 Å². The van der Waals surface area contributed by atoms with Crippen LogP contribution in [0, 0.1) is 0 Å². The maximum atomic E-state index is 12.5. The van der Waals surface area contributed by atoms with E-state index in [4.69, 9.17) is 0 Å². The summed E-state index contributed by atoms with van der Waals surface area (Å²) in [7, 11) is 0. The minimum absolute atomic E-state index is 0.0304. The van der Waals surface area contributed by atoms with E-state index >= 15 is 0 Å². The van der Waals surface area contributed by atoms with E-state index < -0.39 is 0 Å². The van der Waals surface area contributed by atoms with Crippen LogP contribution in [-0.4, -0.2) is 36.3 Å². The summed E-state index contributed by atoms with van der Waals surface area (Å²) in [6.45, 7) is 7.70. The molecular weight excluding hydrogens is 338 g/mol. The Balaban J connectivity index is 1.91. The fourth-order valence-electron chi connectivity index (χ4n) is 3.59. The molecule has 5 nitrogen and oxygen atoms in total. The quantitative estimate of drug-likeness (QED) is 0.878. The Bertz CT molecular complexity index is 843. The van der Waals surface area contributed by atoms with Crippen LogP contribution in [0.5, 0.6) is 0 Å². The van der Waals surface area contributed by atoms with E-state index in [1.54, 1.807) is 11.8 Å². The topological polar surface area (TPSA) is 52.7 Å². The first kappa shape index (κ1) is 19.1.